The topological polar surface area (TPSA) is 86.6 Å². The summed E-state index contributed by atoms with van der Waals surface area (Å²) >= 11 is 3.57. The zero-order valence-electron chi connectivity index (χ0n) is 16.4. The number of thiophene rings is 1. The fourth-order valence-corrected chi connectivity index (χ4v) is 7.00. The Hall–Kier alpha value is -1.71. The molecule has 3 aromatic rings. The fourth-order valence-electron chi connectivity index (χ4n) is 4.07. The number of alkyl halides is 2. The summed E-state index contributed by atoms with van der Waals surface area (Å²) in [6.07, 6.45) is 3.02. The molecule has 170 valence electrons. The first-order valence-electron chi connectivity index (χ1n) is 9.69. The lowest BCUT2D eigenvalue weighted by Crippen LogP contribution is -2.43. The quantitative estimate of drug-likeness (QED) is 0.330. The van der Waals surface area contributed by atoms with Gasteiger partial charge in [0.25, 0.3) is 5.91 Å². The van der Waals surface area contributed by atoms with Gasteiger partial charge in [0.15, 0.2) is 0 Å². The van der Waals surface area contributed by atoms with E-state index >= 15 is 0 Å². The highest BCUT2D eigenvalue weighted by Gasteiger charge is 2.53. The highest BCUT2D eigenvalue weighted by atomic mass is 79.9. The molecule has 1 fully saturated rings. The summed E-state index contributed by atoms with van der Waals surface area (Å²) in [4.78, 5) is 30.4. The number of carbonyl (C=O) groups is 1. The Morgan fingerprint density at radius 2 is 1.84 bits per heavy atom. The first-order chi connectivity index (χ1) is 14.9. The molecule has 0 bridgehead atoms. The second kappa shape index (κ2) is 8.25. The predicted molar refractivity (Wildman–Crippen MR) is 119 cm³/mol. The summed E-state index contributed by atoms with van der Waals surface area (Å²) in [6, 6.07) is 10.4. The Bertz CT molecular complexity index is 1250. The molecule has 1 aliphatic rings. The van der Waals surface area contributed by atoms with Gasteiger partial charge in [-0.1, -0.05) is 25.0 Å². The molecular formula is C21H18BrF3NO4PS. The molecule has 1 aromatic heterocycles. The highest BCUT2D eigenvalue weighted by Crippen LogP contribution is 2.62. The van der Waals surface area contributed by atoms with Crippen LogP contribution in [0.5, 0.6) is 0 Å². The molecular weight excluding hydrogens is 530 g/mol. The van der Waals surface area contributed by atoms with Gasteiger partial charge in [0.1, 0.15) is 10.7 Å². The van der Waals surface area contributed by atoms with E-state index in [9.17, 15) is 22.5 Å². The minimum absolute atomic E-state index is 0.166. The molecule has 32 heavy (non-hydrogen) atoms. The van der Waals surface area contributed by atoms with Gasteiger partial charge < -0.3 is 15.1 Å². The van der Waals surface area contributed by atoms with Gasteiger partial charge in [-0.3, -0.25) is 9.36 Å². The summed E-state index contributed by atoms with van der Waals surface area (Å²) < 4.78 is 53.8. The molecule has 1 heterocycles. The number of rotatable bonds is 5. The van der Waals surface area contributed by atoms with E-state index in [1.165, 1.54) is 30.3 Å². The maximum Gasteiger partial charge on any atom is 0.400 e. The number of hydrogen-bond acceptors (Lipinski definition) is 3. The molecule has 3 N–H and O–H groups in total. The van der Waals surface area contributed by atoms with Crippen molar-refractivity contribution in [3.63, 3.8) is 0 Å². The van der Waals surface area contributed by atoms with E-state index in [0.717, 1.165) is 12.8 Å². The van der Waals surface area contributed by atoms with E-state index in [1.54, 1.807) is 12.1 Å². The van der Waals surface area contributed by atoms with Gasteiger partial charge in [-0.15, -0.1) is 11.3 Å². The smallest absolute Gasteiger partial charge is 0.343 e. The fraction of sp³-hybridized carbons (Fsp3) is 0.286. The van der Waals surface area contributed by atoms with Crippen LogP contribution in [-0.2, 0) is 15.8 Å². The SMILES string of the molecule is O=C(NC1(c2cccc(F)c2)CCCC1)c1ccc2sc(C(F)(F)P(=O)(O)O)c(Br)c2c1. The van der Waals surface area contributed by atoms with Gasteiger partial charge in [0.05, 0.1) is 5.54 Å². The molecule has 0 spiro atoms. The lowest BCUT2D eigenvalue weighted by Gasteiger charge is -2.31. The standard InChI is InChI=1S/C21H18BrF3NO4PS/c22-17-15-10-12(6-7-16(15)32-18(17)21(24,25)31(28,29)30)19(27)26-20(8-1-2-9-20)13-4-3-5-14(23)11-13/h3-7,10-11H,1-2,8-9H2,(H,26,27)(H2,28,29,30). The van der Waals surface area contributed by atoms with Crippen molar-refractivity contribution in [2.24, 2.45) is 0 Å². The molecule has 1 saturated carbocycles. The summed E-state index contributed by atoms with van der Waals surface area (Å²) in [5, 5.41) is 3.25. The van der Waals surface area contributed by atoms with Gasteiger partial charge in [-0.05, 0) is 64.7 Å². The number of amides is 1. The minimum Gasteiger partial charge on any atom is -0.343 e. The van der Waals surface area contributed by atoms with Crippen LogP contribution in [0.4, 0.5) is 13.2 Å². The Balaban J connectivity index is 1.70. The summed E-state index contributed by atoms with van der Waals surface area (Å²) in [6.45, 7) is 0. The monoisotopic (exact) mass is 547 g/mol. The van der Waals surface area contributed by atoms with E-state index in [1.807, 2.05) is 0 Å². The number of halogens is 4. The first kappa shape index (κ1) is 23.4. The third-order valence-corrected chi connectivity index (χ3v) is 9.15. The van der Waals surface area contributed by atoms with Crippen LogP contribution in [-0.4, -0.2) is 15.7 Å². The second-order valence-corrected chi connectivity index (χ2v) is 11.3. The Kier molecular flexibility index (Phi) is 6.05. The van der Waals surface area contributed by atoms with Crippen LogP contribution in [0, 0.1) is 5.82 Å². The average Bonchev–Trinajstić information content (AvgIpc) is 3.33. The molecule has 11 heteroatoms. The maximum absolute atomic E-state index is 14.3. The van der Waals surface area contributed by atoms with E-state index in [2.05, 4.69) is 21.2 Å². The number of nitrogens with one attached hydrogen (secondary N) is 1. The van der Waals surface area contributed by atoms with Crippen LogP contribution in [0.15, 0.2) is 46.9 Å². The van der Waals surface area contributed by atoms with E-state index in [4.69, 9.17) is 9.79 Å². The average molecular weight is 548 g/mol. The molecule has 0 saturated heterocycles. The van der Waals surface area contributed by atoms with Gasteiger partial charge in [-0.25, -0.2) is 4.39 Å². The van der Waals surface area contributed by atoms with Crippen molar-refractivity contribution in [1.29, 1.82) is 0 Å². The third kappa shape index (κ3) is 4.03. The van der Waals surface area contributed by atoms with Gasteiger partial charge >= 0.3 is 13.3 Å². The molecule has 0 atom stereocenters. The van der Waals surface area contributed by atoms with Crippen LogP contribution >= 0.6 is 34.9 Å². The van der Waals surface area contributed by atoms with Gasteiger partial charge in [-0.2, -0.15) is 8.78 Å². The third-order valence-electron chi connectivity index (χ3n) is 5.72. The normalized spacial score (nSPS) is 16.4. The number of carbonyl (C=O) groups excluding carboxylic acids is 1. The Labute approximate surface area is 193 Å². The van der Waals surface area contributed by atoms with Crippen LogP contribution in [0.3, 0.4) is 0 Å². The van der Waals surface area contributed by atoms with E-state index < -0.39 is 35.4 Å². The first-order valence-corrected chi connectivity index (χ1v) is 12.9. The lowest BCUT2D eigenvalue weighted by atomic mass is 9.87. The zero-order valence-corrected chi connectivity index (χ0v) is 19.7. The van der Waals surface area contributed by atoms with Crippen LogP contribution in [0.25, 0.3) is 10.1 Å². The van der Waals surface area contributed by atoms with Crippen molar-refractivity contribution < 1.29 is 32.3 Å². The molecule has 0 aliphatic heterocycles. The van der Waals surface area contributed by atoms with E-state index in [0.29, 0.717) is 34.4 Å². The van der Waals surface area contributed by atoms with E-state index in [-0.39, 0.29) is 15.4 Å². The zero-order chi connectivity index (χ0) is 23.3. The van der Waals surface area contributed by atoms with Gasteiger partial charge in [0.2, 0.25) is 0 Å². The van der Waals surface area contributed by atoms with Crippen LogP contribution in [0.2, 0.25) is 0 Å². The van der Waals surface area contributed by atoms with Gasteiger partial charge in [0, 0.05) is 20.1 Å². The lowest BCUT2D eigenvalue weighted by molar-refractivity contribution is 0.0595. The molecule has 5 nitrogen and oxygen atoms in total. The van der Waals surface area contributed by atoms with Crippen molar-refractivity contribution in [1.82, 2.24) is 5.32 Å². The maximum atomic E-state index is 14.3. The van der Waals surface area contributed by atoms with Crippen molar-refractivity contribution in [2.45, 2.75) is 36.9 Å². The van der Waals surface area contributed by atoms with Crippen molar-refractivity contribution in [2.75, 3.05) is 0 Å². The molecule has 0 unspecified atom stereocenters. The van der Waals surface area contributed by atoms with Crippen molar-refractivity contribution >= 4 is 50.9 Å². The second-order valence-electron chi connectivity index (χ2n) is 7.80. The van der Waals surface area contributed by atoms with Crippen LogP contribution < -0.4 is 5.32 Å². The molecule has 1 amide bonds. The Morgan fingerprint density at radius 3 is 2.47 bits per heavy atom. The molecule has 0 radical (unpaired) electrons. The summed E-state index contributed by atoms with van der Waals surface area (Å²) in [5.41, 5.74) is -4.21. The largest absolute Gasteiger partial charge is 0.400 e. The molecule has 1 aliphatic carbocycles. The summed E-state index contributed by atoms with van der Waals surface area (Å²) in [7, 11) is -5.73. The number of benzene rings is 2. The Morgan fingerprint density at radius 1 is 1.16 bits per heavy atom. The van der Waals surface area contributed by atoms with Crippen molar-refractivity contribution in [3.05, 3.63) is 68.8 Å². The van der Waals surface area contributed by atoms with Crippen molar-refractivity contribution in [3.8, 4) is 0 Å². The molecule has 2 aromatic carbocycles. The minimum atomic E-state index is -5.73. The molecule has 4 rings (SSSR count). The number of hydrogen-bond donors (Lipinski definition) is 3. The van der Waals surface area contributed by atoms with Crippen LogP contribution in [0.1, 0.15) is 46.5 Å². The predicted octanol–water partition coefficient (Wildman–Crippen LogP) is 6.23. The summed E-state index contributed by atoms with van der Waals surface area (Å²) in [5.74, 6) is -0.843. The highest BCUT2D eigenvalue weighted by molar-refractivity contribution is 9.10. The number of fused-ring (bicyclic) bond motifs is 1.